The van der Waals surface area contributed by atoms with Crippen molar-refractivity contribution in [3.05, 3.63) is 76.8 Å². The third-order valence-electron chi connectivity index (χ3n) is 4.10. The number of methoxy groups -OCH3 is 1. The van der Waals surface area contributed by atoms with Gasteiger partial charge in [0.25, 0.3) is 0 Å². The summed E-state index contributed by atoms with van der Waals surface area (Å²) in [4.78, 5) is 23.9. The number of hydrogen-bond acceptors (Lipinski definition) is 4. The van der Waals surface area contributed by atoms with Gasteiger partial charge in [-0.2, -0.15) is 0 Å². The number of ketones is 1. The molecule has 0 aliphatic rings. The molecule has 0 aromatic heterocycles. The Morgan fingerprint density at radius 2 is 1.85 bits per heavy atom. The van der Waals surface area contributed by atoms with Crippen molar-refractivity contribution in [3.8, 4) is 0 Å². The highest BCUT2D eigenvalue weighted by molar-refractivity contribution is 6.36. The number of rotatable bonds is 6. The lowest BCUT2D eigenvalue weighted by Gasteiger charge is -2.09. The van der Waals surface area contributed by atoms with Crippen molar-refractivity contribution in [2.75, 3.05) is 19.0 Å². The molecule has 1 N–H and O–H groups in total. The molecule has 0 radical (unpaired) electrons. The molecule has 0 aliphatic carbocycles. The van der Waals surface area contributed by atoms with E-state index < -0.39 is 5.97 Å². The number of esters is 1. The average Bonchev–Trinajstić information content (AvgIpc) is 2.68. The van der Waals surface area contributed by atoms with E-state index in [0.717, 1.165) is 16.3 Å². The molecular formula is C21H18ClNO3. The molecule has 3 rings (SSSR count). The fourth-order valence-electron chi connectivity index (χ4n) is 2.76. The van der Waals surface area contributed by atoms with Crippen LogP contribution < -0.4 is 5.32 Å². The molecule has 0 saturated heterocycles. The first-order valence-electron chi connectivity index (χ1n) is 8.18. The summed E-state index contributed by atoms with van der Waals surface area (Å²) in [5, 5.41) is 5.65. The Bertz CT molecular complexity index is 968. The van der Waals surface area contributed by atoms with Crippen molar-refractivity contribution in [1.82, 2.24) is 0 Å². The van der Waals surface area contributed by atoms with Crippen molar-refractivity contribution < 1.29 is 14.3 Å². The van der Waals surface area contributed by atoms with Gasteiger partial charge in [0.15, 0.2) is 5.78 Å². The average molecular weight is 368 g/mol. The van der Waals surface area contributed by atoms with Crippen molar-refractivity contribution in [2.24, 2.45) is 0 Å². The second-order valence-electron chi connectivity index (χ2n) is 5.90. The van der Waals surface area contributed by atoms with E-state index in [4.69, 9.17) is 16.3 Å². The number of hydrogen-bond donors (Lipinski definition) is 1. The first kappa shape index (κ1) is 18.0. The van der Waals surface area contributed by atoms with Crippen LogP contribution in [0.2, 0.25) is 5.02 Å². The van der Waals surface area contributed by atoms with Crippen LogP contribution in [-0.4, -0.2) is 25.4 Å². The Labute approximate surface area is 156 Å². The van der Waals surface area contributed by atoms with E-state index in [2.05, 4.69) is 5.32 Å². The molecule has 0 amide bonds. The summed E-state index contributed by atoms with van der Waals surface area (Å²) in [5.41, 5.74) is 1.92. The summed E-state index contributed by atoms with van der Waals surface area (Å²) in [5.74, 6) is -0.409. The van der Waals surface area contributed by atoms with Gasteiger partial charge in [0, 0.05) is 17.5 Å². The number of carbonyl (C=O) groups excluding carboxylic acids is 2. The molecule has 0 fully saturated rings. The molecule has 132 valence electrons. The first-order valence-corrected chi connectivity index (χ1v) is 8.56. The number of benzene rings is 3. The highest BCUT2D eigenvalue weighted by atomic mass is 35.5. The lowest BCUT2D eigenvalue weighted by Crippen LogP contribution is -2.16. The van der Waals surface area contributed by atoms with Gasteiger partial charge in [-0.25, -0.2) is 4.79 Å². The van der Waals surface area contributed by atoms with E-state index in [9.17, 15) is 9.59 Å². The van der Waals surface area contributed by atoms with Crippen LogP contribution in [0.4, 0.5) is 5.69 Å². The number of nitrogens with one attached hydrogen (secondary N) is 1. The van der Waals surface area contributed by atoms with Crippen molar-refractivity contribution in [3.63, 3.8) is 0 Å². The van der Waals surface area contributed by atoms with Gasteiger partial charge in [0.1, 0.15) is 0 Å². The monoisotopic (exact) mass is 367 g/mol. The highest BCUT2D eigenvalue weighted by Gasteiger charge is 2.11. The summed E-state index contributed by atoms with van der Waals surface area (Å²) in [7, 11) is 1.33. The predicted molar refractivity (Wildman–Crippen MR) is 104 cm³/mol. The summed E-state index contributed by atoms with van der Waals surface area (Å²) in [6, 6.07) is 18.5. The third kappa shape index (κ3) is 4.03. The minimum Gasteiger partial charge on any atom is -0.465 e. The molecule has 4 nitrogen and oxygen atoms in total. The number of anilines is 1. The van der Waals surface area contributed by atoms with Crippen LogP contribution in [0.15, 0.2) is 60.7 Å². The summed E-state index contributed by atoms with van der Waals surface area (Å²) in [6.45, 7) is 0.147. The minimum atomic E-state index is -0.414. The number of halogens is 1. The van der Waals surface area contributed by atoms with Gasteiger partial charge in [0.2, 0.25) is 0 Å². The molecule has 26 heavy (non-hydrogen) atoms. The fraction of sp³-hybridized carbons (Fsp3) is 0.143. The largest absolute Gasteiger partial charge is 0.465 e. The van der Waals surface area contributed by atoms with Gasteiger partial charge in [-0.15, -0.1) is 0 Å². The molecule has 0 saturated carbocycles. The van der Waals surface area contributed by atoms with E-state index in [1.165, 1.54) is 7.11 Å². The van der Waals surface area contributed by atoms with Crippen LogP contribution >= 0.6 is 11.6 Å². The van der Waals surface area contributed by atoms with E-state index in [0.29, 0.717) is 16.3 Å². The maximum atomic E-state index is 12.3. The van der Waals surface area contributed by atoms with Crippen LogP contribution in [-0.2, 0) is 16.0 Å². The lowest BCUT2D eigenvalue weighted by molar-refractivity contribution is -0.116. The Balaban J connectivity index is 1.66. The Morgan fingerprint density at radius 3 is 2.65 bits per heavy atom. The van der Waals surface area contributed by atoms with Crippen molar-refractivity contribution >= 4 is 39.8 Å². The second-order valence-corrected chi connectivity index (χ2v) is 6.28. The quantitative estimate of drug-likeness (QED) is 0.651. The maximum Gasteiger partial charge on any atom is 0.337 e. The molecule has 3 aromatic rings. The highest BCUT2D eigenvalue weighted by Crippen LogP contribution is 2.27. The predicted octanol–water partition coefficient (Wildman–Crippen LogP) is 4.50. The smallest absolute Gasteiger partial charge is 0.337 e. The summed E-state index contributed by atoms with van der Waals surface area (Å²) in [6.07, 6.45) is 0.243. The molecule has 0 spiro atoms. The Morgan fingerprint density at radius 1 is 1.04 bits per heavy atom. The van der Waals surface area contributed by atoms with Crippen LogP contribution in [0.5, 0.6) is 0 Å². The topological polar surface area (TPSA) is 55.4 Å². The van der Waals surface area contributed by atoms with Gasteiger partial charge in [-0.1, -0.05) is 54.1 Å². The fourth-order valence-corrected chi connectivity index (χ4v) is 3.07. The summed E-state index contributed by atoms with van der Waals surface area (Å²) >= 11 is 6.45. The zero-order chi connectivity index (χ0) is 18.5. The molecular weight excluding hydrogens is 350 g/mol. The zero-order valence-electron chi connectivity index (χ0n) is 14.3. The molecule has 0 atom stereocenters. The molecule has 0 aliphatic heterocycles. The van der Waals surface area contributed by atoms with E-state index in [1.54, 1.807) is 24.3 Å². The third-order valence-corrected chi connectivity index (χ3v) is 4.55. The standard InChI is InChI=1S/C21H18ClNO3/c1-26-21(25)16-6-4-7-17(11-16)23-13-18(24)12-15-10-9-14-5-2-3-8-19(14)20(15)22/h2-11,23H,12-13H2,1H3. The second kappa shape index (κ2) is 8.02. The lowest BCUT2D eigenvalue weighted by atomic mass is 10.0. The van der Waals surface area contributed by atoms with E-state index >= 15 is 0 Å². The number of Topliss-reactive ketones (excluding diaryl/α,β-unsaturated/α-hetero) is 1. The van der Waals surface area contributed by atoms with Crippen LogP contribution in [0.3, 0.4) is 0 Å². The van der Waals surface area contributed by atoms with Crippen LogP contribution in [0.1, 0.15) is 15.9 Å². The Hall–Kier alpha value is -2.85. The SMILES string of the molecule is COC(=O)c1cccc(NCC(=O)Cc2ccc3ccccc3c2Cl)c1. The minimum absolute atomic E-state index is 0.00523. The number of ether oxygens (including phenoxy) is 1. The molecule has 3 aromatic carbocycles. The van der Waals surface area contributed by atoms with Gasteiger partial charge in [-0.3, -0.25) is 4.79 Å². The molecule has 0 unspecified atom stereocenters. The van der Waals surface area contributed by atoms with Gasteiger partial charge in [0.05, 0.1) is 24.2 Å². The summed E-state index contributed by atoms with van der Waals surface area (Å²) < 4.78 is 4.70. The van der Waals surface area contributed by atoms with Gasteiger partial charge >= 0.3 is 5.97 Å². The molecule has 0 heterocycles. The van der Waals surface area contributed by atoms with Crippen molar-refractivity contribution in [1.29, 1.82) is 0 Å². The van der Waals surface area contributed by atoms with Crippen LogP contribution in [0.25, 0.3) is 10.8 Å². The molecule has 0 bridgehead atoms. The van der Waals surface area contributed by atoms with E-state index in [-0.39, 0.29) is 18.7 Å². The van der Waals surface area contributed by atoms with Crippen LogP contribution in [0, 0.1) is 0 Å². The van der Waals surface area contributed by atoms with Gasteiger partial charge in [-0.05, 0) is 29.1 Å². The van der Waals surface area contributed by atoms with Crippen molar-refractivity contribution in [2.45, 2.75) is 6.42 Å². The van der Waals surface area contributed by atoms with Gasteiger partial charge < -0.3 is 10.1 Å². The first-order chi connectivity index (χ1) is 12.6. The maximum absolute atomic E-state index is 12.3. The zero-order valence-corrected chi connectivity index (χ0v) is 15.0. The number of fused-ring (bicyclic) bond motifs is 1. The normalized spacial score (nSPS) is 10.5. The van der Waals surface area contributed by atoms with E-state index in [1.807, 2.05) is 36.4 Å². The number of carbonyl (C=O) groups is 2. The molecule has 5 heteroatoms. The Kier molecular flexibility index (Phi) is 5.54.